The van der Waals surface area contributed by atoms with Gasteiger partial charge in [-0.3, -0.25) is 9.59 Å². The van der Waals surface area contributed by atoms with Gasteiger partial charge in [-0.05, 0) is 74.8 Å². The van der Waals surface area contributed by atoms with Gasteiger partial charge in [-0.15, -0.1) is 0 Å². The number of hydrogen-bond acceptors (Lipinski definition) is 3. The third-order valence-corrected chi connectivity index (χ3v) is 6.53. The molecule has 4 saturated carbocycles. The second-order valence-corrected chi connectivity index (χ2v) is 8.46. The fourth-order valence-corrected chi connectivity index (χ4v) is 5.93. The van der Waals surface area contributed by atoms with Crippen LogP contribution >= 0.6 is 0 Å². The van der Waals surface area contributed by atoms with Gasteiger partial charge >= 0.3 is 5.97 Å². The van der Waals surface area contributed by atoms with Gasteiger partial charge in [0.1, 0.15) is 5.82 Å². The van der Waals surface area contributed by atoms with Crippen LogP contribution in [0.5, 0.6) is 0 Å². The lowest BCUT2D eigenvalue weighted by Crippen LogP contribution is -2.52. The minimum Gasteiger partial charge on any atom is -0.454 e. The second-order valence-electron chi connectivity index (χ2n) is 8.46. The van der Waals surface area contributed by atoms with Crippen LogP contribution in [0, 0.1) is 29.0 Å². The predicted octanol–water partition coefficient (Wildman–Crippen LogP) is 4.09. The van der Waals surface area contributed by atoms with Crippen LogP contribution in [-0.2, 0) is 20.7 Å². The zero-order valence-corrected chi connectivity index (χ0v) is 14.7. The summed E-state index contributed by atoms with van der Waals surface area (Å²) in [5.41, 5.74) is 0.0360. The Balaban J connectivity index is 1.41. The summed E-state index contributed by atoms with van der Waals surface area (Å²) in [7, 11) is 0. The highest BCUT2D eigenvalue weighted by atomic mass is 19.1. The molecule has 0 aliphatic heterocycles. The zero-order valence-electron chi connectivity index (χ0n) is 14.7. The van der Waals surface area contributed by atoms with Gasteiger partial charge in [0, 0.05) is 5.41 Å². The van der Waals surface area contributed by atoms with Gasteiger partial charge in [0.05, 0.1) is 6.42 Å². The fourth-order valence-electron chi connectivity index (χ4n) is 5.93. The summed E-state index contributed by atoms with van der Waals surface area (Å²) in [5, 5.41) is 0. The third-order valence-electron chi connectivity index (χ3n) is 6.53. The van der Waals surface area contributed by atoms with Gasteiger partial charge < -0.3 is 4.74 Å². The Bertz CT molecular complexity index is 661. The van der Waals surface area contributed by atoms with Crippen LogP contribution in [0.4, 0.5) is 4.39 Å². The van der Waals surface area contributed by atoms with Crippen molar-refractivity contribution in [3.8, 4) is 0 Å². The average molecular weight is 344 g/mol. The lowest BCUT2D eigenvalue weighted by Gasteiger charge is -2.56. The number of esters is 1. The highest BCUT2D eigenvalue weighted by Crippen LogP contribution is 2.60. The van der Waals surface area contributed by atoms with Crippen molar-refractivity contribution in [3.05, 3.63) is 35.6 Å². The number of Topliss-reactive ketones (excluding diaryl/α,β-unsaturated/α-hetero) is 1. The summed E-state index contributed by atoms with van der Waals surface area (Å²) in [5.74, 6) is 1.17. The van der Waals surface area contributed by atoms with Gasteiger partial charge in [-0.25, -0.2) is 4.39 Å². The van der Waals surface area contributed by atoms with E-state index in [1.807, 2.05) is 0 Å². The van der Waals surface area contributed by atoms with Crippen molar-refractivity contribution >= 4 is 11.8 Å². The van der Waals surface area contributed by atoms with Gasteiger partial charge in [0.15, 0.2) is 11.9 Å². The van der Waals surface area contributed by atoms with Crippen LogP contribution in [0.1, 0.15) is 51.0 Å². The highest BCUT2D eigenvalue weighted by molar-refractivity contribution is 5.91. The van der Waals surface area contributed by atoms with E-state index in [1.54, 1.807) is 25.1 Å². The first-order chi connectivity index (χ1) is 11.9. The van der Waals surface area contributed by atoms with E-state index < -0.39 is 17.9 Å². The molecule has 0 radical (unpaired) electrons. The molecule has 1 aromatic rings. The Morgan fingerprint density at radius 1 is 1.12 bits per heavy atom. The molecule has 3 nitrogen and oxygen atoms in total. The number of hydrogen-bond donors (Lipinski definition) is 0. The maximum Gasteiger partial charge on any atom is 0.311 e. The average Bonchev–Trinajstić information content (AvgIpc) is 2.55. The van der Waals surface area contributed by atoms with E-state index in [2.05, 4.69) is 0 Å². The molecule has 134 valence electrons. The van der Waals surface area contributed by atoms with E-state index in [9.17, 15) is 14.0 Å². The normalized spacial score (nSPS) is 33.9. The first kappa shape index (κ1) is 16.7. The first-order valence-corrected chi connectivity index (χ1v) is 9.42. The molecule has 4 heteroatoms. The van der Waals surface area contributed by atoms with Crippen LogP contribution < -0.4 is 0 Å². The van der Waals surface area contributed by atoms with Crippen molar-refractivity contribution in [1.29, 1.82) is 0 Å². The van der Waals surface area contributed by atoms with Crippen molar-refractivity contribution in [2.45, 2.75) is 58.0 Å². The number of ketones is 1. The number of carbonyl (C=O) groups excluding carboxylic acids is 2. The van der Waals surface area contributed by atoms with Crippen LogP contribution in [0.25, 0.3) is 0 Å². The minimum absolute atomic E-state index is 0.0912. The largest absolute Gasteiger partial charge is 0.454 e. The fraction of sp³-hybridized carbons (Fsp3) is 0.619. The molecule has 4 aliphatic carbocycles. The number of rotatable bonds is 5. The summed E-state index contributed by atoms with van der Waals surface area (Å²) in [6, 6.07) is 6.17. The molecule has 0 amide bonds. The van der Waals surface area contributed by atoms with Gasteiger partial charge in [-0.2, -0.15) is 0 Å². The van der Waals surface area contributed by atoms with Crippen molar-refractivity contribution in [3.63, 3.8) is 0 Å². The molecule has 5 rings (SSSR count). The predicted molar refractivity (Wildman–Crippen MR) is 91.3 cm³/mol. The van der Waals surface area contributed by atoms with Crippen LogP contribution in [0.3, 0.4) is 0 Å². The smallest absolute Gasteiger partial charge is 0.311 e. The molecular weight excluding hydrogens is 319 g/mol. The maximum atomic E-state index is 13.7. The summed E-state index contributed by atoms with van der Waals surface area (Å²) in [6.07, 6.45) is 5.84. The summed E-state index contributed by atoms with van der Waals surface area (Å²) in [6.45, 7) is 1.68. The van der Waals surface area contributed by atoms with Gasteiger partial charge in [0.25, 0.3) is 0 Å². The quantitative estimate of drug-likeness (QED) is 0.756. The molecule has 0 heterocycles. The van der Waals surface area contributed by atoms with Crippen molar-refractivity contribution < 1.29 is 18.7 Å². The number of halogens is 1. The molecule has 4 fully saturated rings. The molecule has 4 bridgehead atoms. The molecule has 4 aliphatic rings. The van der Waals surface area contributed by atoms with Crippen LogP contribution in [0.15, 0.2) is 24.3 Å². The molecule has 1 atom stereocenters. The number of carbonyl (C=O) groups is 2. The molecular formula is C21H25FO3. The highest BCUT2D eigenvalue weighted by Gasteiger charge is 2.55. The Hall–Kier alpha value is -1.71. The summed E-state index contributed by atoms with van der Waals surface area (Å²) < 4.78 is 19.1. The minimum atomic E-state index is -0.740. The SMILES string of the molecule is C[C@H](OC(=O)Cc1ccccc1F)C(=O)C12CC3CC(CC(C3)C1)C2. The van der Waals surface area contributed by atoms with Crippen LogP contribution in [-0.4, -0.2) is 17.9 Å². The molecule has 25 heavy (non-hydrogen) atoms. The van der Waals surface area contributed by atoms with E-state index in [1.165, 1.54) is 25.3 Å². The second kappa shape index (κ2) is 6.22. The zero-order chi connectivity index (χ0) is 17.6. The molecule has 0 spiro atoms. The van der Waals surface area contributed by atoms with E-state index in [0.717, 1.165) is 19.3 Å². The van der Waals surface area contributed by atoms with Gasteiger partial charge in [0.2, 0.25) is 0 Å². The number of ether oxygens (including phenoxy) is 1. The molecule has 0 unspecified atom stereocenters. The van der Waals surface area contributed by atoms with E-state index >= 15 is 0 Å². The summed E-state index contributed by atoms with van der Waals surface area (Å²) >= 11 is 0. The van der Waals surface area contributed by atoms with E-state index in [0.29, 0.717) is 23.3 Å². The molecule has 0 N–H and O–H groups in total. The lowest BCUT2D eigenvalue weighted by atomic mass is 9.48. The van der Waals surface area contributed by atoms with Crippen molar-refractivity contribution in [2.24, 2.45) is 23.2 Å². The standard InChI is InChI=1S/C21H25FO3/c1-13(25-19(23)9-17-4-2-3-5-18(17)22)20(24)21-10-14-6-15(11-21)8-16(7-14)12-21/h2-5,13-16H,6-12H2,1H3/t13-,14?,15?,16?,21?/m0/s1. The molecule has 0 aromatic heterocycles. The van der Waals surface area contributed by atoms with E-state index in [-0.39, 0.29) is 17.6 Å². The van der Waals surface area contributed by atoms with Crippen molar-refractivity contribution in [1.82, 2.24) is 0 Å². The van der Waals surface area contributed by atoms with Crippen LogP contribution in [0.2, 0.25) is 0 Å². The summed E-state index contributed by atoms with van der Waals surface area (Å²) in [4.78, 5) is 25.3. The van der Waals surface area contributed by atoms with Gasteiger partial charge in [-0.1, -0.05) is 18.2 Å². The van der Waals surface area contributed by atoms with E-state index in [4.69, 9.17) is 4.74 Å². The Labute approximate surface area is 147 Å². The lowest BCUT2D eigenvalue weighted by molar-refractivity contribution is -0.164. The first-order valence-electron chi connectivity index (χ1n) is 9.42. The third kappa shape index (κ3) is 3.11. The monoisotopic (exact) mass is 344 g/mol. The molecule has 1 aromatic carbocycles. The number of benzene rings is 1. The topological polar surface area (TPSA) is 43.4 Å². The Morgan fingerprint density at radius 2 is 1.68 bits per heavy atom. The Morgan fingerprint density at radius 3 is 2.24 bits per heavy atom. The maximum absolute atomic E-state index is 13.7. The Kier molecular flexibility index (Phi) is 4.17. The van der Waals surface area contributed by atoms with Crippen molar-refractivity contribution in [2.75, 3.05) is 0 Å². The molecule has 0 saturated heterocycles.